The van der Waals surface area contributed by atoms with Crippen LogP contribution in [0.15, 0.2) is 46.1 Å². The third-order valence-corrected chi connectivity index (χ3v) is 4.78. The molecule has 0 bridgehead atoms. The lowest BCUT2D eigenvalue weighted by molar-refractivity contribution is 0.169. The zero-order valence-electron chi connectivity index (χ0n) is 16.2. The molecule has 27 heavy (non-hydrogen) atoms. The van der Waals surface area contributed by atoms with Crippen LogP contribution in [0, 0.1) is 0 Å². The summed E-state index contributed by atoms with van der Waals surface area (Å²) in [4.78, 5) is 9.67. The minimum Gasteiger partial charge on any atom is -0.364 e. The van der Waals surface area contributed by atoms with Crippen LogP contribution in [0.5, 0.6) is 0 Å². The third kappa shape index (κ3) is 6.21. The third-order valence-electron chi connectivity index (χ3n) is 4.78. The van der Waals surface area contributed by atoms with Crippen molar-refractivity contribution in [1.29, 1.82) is 0 Å². The van der Waals surface area contributed by atoms with Crippen LogP contribution in [0.3, 0.4) is 0 Å². The van der Waals surface area contributed by atoms with Gasteiger partial charge in [0.1, 0.15) is 6.26 Å². The number of aliphatic imine (C=N–C) groups is 1. The van der Waals surface area contributed by atoms with Crippen molar-refractivity contribution in [3.63, 3.8) is 0 Å². The number of halogens is 1. The summed E-state index contributed by atoms with van der Waals surface area (Å²) in [7, 11) is 0. The molecule has 7 heteroatoms. The van der Waals surface area contributed by atoms with E-state index in [0.717, 1.165) is 63.9 Å². The van der Waals surface area contributed by atoms with Gasteiger partial charge in [-0.3, -0.25) is 4.90 Å². The average molecular weight is 483 g/mol. The summed E-state index contributed by atoms with van der Waals surface area (Å²) < 4.78 is 4.92. The van der Waals surface area contributed by atoms with Crippen molar-refractivity contribution in [1.82, 2.24) is 20.3 Å². The fourth-order valence-corrected chi connectivity index (χ4v) is 3.31. The topological polar surface area (TPSA) is 56.9 Å². The van der Waals surface area contributed by atoms with Crippen LogP contribution in [0.2, 0.25) is 0 Å². The molecule has 1 fully saturated rings. The van der Waals surface area contributed by atoms with Gasteiger partial charge in [-0.15, -0.1) is 24.0 Å². The van der Waals surface area contributed by atoms with Gasteiger partial charge in [0, 0.05) is 45.3 Å². The fraction of sp³-hybridized carbons (Fsp3) is 0.500. The minimum absolute atomic E-state index is 0. The van der Waals surface area contributed by atoms with E-state index in [0.29, 0.717) is 0 Å². The van der Waals surface area contributed by atoms with Crippen molar-refractivity contribution in [2.24, 2.45) is 4.99 Å². The molecule has 2 aromatic rings. The molecule has 0 aliphatic carbocycles. The van der Waals surface area contributed by atoms with Crippen LogP contribution >= 0.6 is 24.0 Å². The second kappa shape index (κ2) is 11.3. The minimum atomic E-state index is 0. The summed E-state index contributed by atoms with van der Waals surface area (Å²) in [5.74, 6) is 1.01. The lowest BCUT2D eigenvalue weighted by Gasteiger charge is -2.36. The number of hydrogen-bond acceptors (Lipinski definition) is 4. The highest BCUT2D eigenvalue weighted by Gasteiger charge is 2.20. The van der Waals surface area contributed by atoms with E-state index >= 15 is 0 Å². The van der Waals surface area contributed by atoms with Crippen molar-refractivity contribution in [3.8, 4) is 0 Å². The maximum Gasteiger partial charge on any atom is 0.194 e. The summed E-state index contributed by atoms with van der Waals surface area (Å²) in [6.45, 7) is 10.7. The molecule has 2 heterocycles. The molecule has 0 spiro atoms. The zero-order chi connectivity index (χ0) is 18.2. The van der Waals surface area contributed by atoms with Gasteiger partial charge in [-0.1, -0.05) is 36.3 Å². The van der Waals surface area contributed by atoms with Gasteiger partial charge in [0.25, 0.3) is 0 Å². The van der Waals surface area contributed by atoms with Gasteiger partial charge in [-0.05, 0) is 24.5 Å². The first kappa shape index (κ1) is 21.7. The summed E-state index contributed by atoms with van der Waals surface area (Å²) in [5.41, 5.74) is 3.69. The van der Waals surface area contributed by atoms with E-state index < -0.39 is 0 Å². The Bertz CT molecular complexity index is 696. The quantitative estimate of drug-likeness (QED) is 0.389. The monoisotopic (exact) mass is 483 g/mol. The molecule has 0 amide bonds. The number of guanidine groups is 1. The van der Waals surface area contributed by atoms with E-state index in [9.17, 15) is 0 Å². The average Bonchev–Trinajstić information content (AvgIpc) is 3.19. The molecule has 0 radical (unpaired) electrons. The Morgan fingerprint density at radius 2 is 1.85 bits per heavy atom. The SMILES string of the molecule is CCNC(=NCc1ccccc1CC)N1CCN(Cc2ccon2)CC1.I. The van der Waals surface area contributed by atoms with Gasteiger partial charge in [-0.25, -0.2) is 4.99 Å². The van der Waals surface area contributed by atoms with E-state index in [1.807, 2.05) is 6.07 Å². The number of nitrogens with one attached hydrogen (secondary N) is 1. The van der Waals surface area contributed by atoms with E-state index in [4.69, 9.17) is 9.52 Å². The molecule has 1 aromatic heterocycles. The molecule has 1 N–H and O–H groups in total. The van der Waals surface area contributed by atoms with Crippen LogP contribution in [0.25, 0.3) is 0 Å². The van der Waals surface area contributed by atoms with Gasteiger partial charge in [-0.2, -0.15) is 0 Å². The highest BCUT2D eigenvalue weighted by Crippen LogP contribution is 2.12. The van der Waals surface area contributed by atoms with Gasteiger partial charge >= 0.3 is 0 Å². The second-order valence-corrected chi connectivity index (χ2v) is 6.55. The number of hydrogen-bond donors (Lipinski definition) is 1. The van der Waals surface area contributed by atoms with Gasteiger partial charge in [0.05, 0.1) is 12.2 Å². The predicted octanol–water partition coefficient (Wildman–Crippen LogP) is 3.14. The van der Waals surface area contributed by atoms with Crippen molar-refractivity contribution in [2.45, 2.75) is 33.4 Å². The summed E-state index contributed by atoms with van der Waals surface area (Å²) in [6, 6.07) is 10.5. The normalized spacial score (nSPS) is 15.5. The van der Waals surface area contributed by atoms with E-state index in [2.05, 4.69) is 58.4 Å². The molecule has 6 nitrogen and oxygen atoms in total. The first-order valence-corrected chi connectivity index (χ1v) is 9.51. The lowest BCUT2D eigenvalue weighted by atomic mass is 10.1. The number of aryl methyl sites for hydroxylation is 1. The Morgan fingerprint density at radius 1 is 1.11 bits per heavy atom. The Balaban J connectivity index is 0.00000261. The van der Waals surface area contributed by atoms with Crippen molar-refractivity contribution in [3.05, 3.63) is 53.4 Å². The molecule has 1 aliphatic heterocycles. The molecular formula is C20H30IN5O. The molecule has 0 saturated carbocycles. The maximum absolute atomic E-state index is 4.92. The zero-order valence-corrected chi connectivity index (χ0v) is 18.6. The van der Waals surface area contributed by atoms with Crippen LogP contribution in [0.4, 0.5) is 0 Å². The number of nitrogens with zero attached hydrogens (tertiary/aromatic N) is 4. The van der Waals surface area contributed by atoms with Crippen molar-refractivity contribution in [2.75, 3.05) is 32.7 Å². The van der Waals surface area contributed by atoms with Crippen LogP contribution in [-0.4, -0.2) is 53.6 Å². The molecule has 1 saturated heterocycles. The first-order valence-electron chi connectivity index (χ1n) is 9.51. The van der Waals surface area contributed by atoms with Crippen LogP contribution in [-0.2, 0) is 19.5 Å². The number of piperazine rings is 1. The maximum atomic E-state index is 4.92. The first-order chi connectivity index (χ1) is 12.8. The molecule has 0 atom stereocenters. The lowest BCUT2D eigenvalue weighted by Crippen LogP contribution is -2.52. The van der Waals surface area contributed by atoms with E-state index in [1.165, 1.54) is 11.1 Å². The molecule has 1 aliphatic rings. The Labute approximate surface area is 179 Å². The van der Waals surface area contributed by atoms with E-state index in [1.54, 1.807) is 6.26 Å². The van der Waals surface area contributed by atoms with Crippen LogP contribution in [0.1, 0.15) is 30.7 Å². The molecule has 3 rings (SSSR count). The highest BCUT2D eigenvalue weighted by molar-refractivity contribution is 14.0. The second-order valence-electron chi connectivity index (χ2n) is 6.55. The van der Waals surface area contributed by atoms with Gasteiger partial charge in [0.15, 0.2) is 5.96 Å². The summed E-state index contributed by atoms with van der Waals surface area (Å²) in [6.07, 6.45) is 2.68. The Hall–Kier alpha value is -1.61. The number of benzene rings is 1. The Morgan fingerprint density at radius 3 is 2.48 bits per heavy atom. The molecule has 148 valence electrons. The van der Waals surface area contributed by atoms with E-state index in [-0.39, 0.29) is 24.0 Å². The molecule has 1 aromatic carbocycles. The standard InChI is InChI=1S/C20H29N5O.HI/c1-3-17-7-5-6-8-18(17)15-22-20(21-4-2)25-12-10-24(11-13-25)16-19-9-14-26-23-19;/h5-9,14H,3-4,10-13,15-16H2,1-2H3,(H,21,22);1H. The number of rotatable bonds is 6. The van der Waals surface area contributed by atoms with Crippen LogP contribution < -0.4 is 5.32 Å². The predicted molar refractivity (Wildman–Crippen MR) is 119 cm³/mol. The molecular weight excluding hydrogens is 453 g/mol. The highest BCUT2D eigenvalue weighted by atomic mass is 127. The van der Waals surface area contributed by atoms with Gasteiger partial charge < -0.3 is 14.7 Å². The molecule has 0 unspecified atom stereocenters. The largest absolute Gasteiger partial charge is 0.364 e. The van der Waals surface area contributed by atoms with Crippen molar-refractivity contribution >= 4 is 29.9 Å². The summed E-state index contributed by atoms with van der Waals surface area (Å²) in [5, 5.41) is 7.46. The number of aromatic nitrogens is 1. The van der Waals surface area contributed by atoms with Crippen molar-refractivity contribution < 1.29 is 4.52 Å². The fourth-order valence-electron chi connectivity index (χ4n) is 3.31. The Kier molecular flexibility index (Phi) is 9.06. The summed E-state index contributed by atoms with van der Waals surface area (Å²) >= 11 is 0. The van der Waals surface area contributed by atoms with Gasteiger partial charge in [0.2, 0.25) is 0 Å². The smallest absolute Gasteiger partial charge is 0.194 e.